The SMILES string of the molecule is CNc1nc(C)nc(NCCN2CCCC2)c1C. The highest BCUT2D eigenvalue weighted by Gasteiger charge is 2.11. The molecule has 2 heterocycles. The highest BCUT2D eigenvalue weighted by molar-refractivity contribution is 5.56. The Kier molecular flexibility index (Phi) is 4.36. The molecule has 0 atom stereocenters. The molecule has 18 heavy (non-hydrogen) atoms. The van der Waals surface area contributed by atoms with Crippen LogP contribution in [-0.2, 0) is 0 Å². The van der Waals surface area contributed by atoms with Gasteiger partial charge in [-0.05, 0) is 39.8 Å². The van der Waals surface area contributed by atoms with Crippen LogP contribution in [0.4, 0.5) is 11.6 Å². The van der Waals surface area contributed by atoms with E-state index in [9.17, 15) is 0 Å². The van der Waals surface area contributed by atoms with Crippen molar-refractivity contribution >= 4 is 11.6 Å². The Balaban J connectivity index is 1.93. The second-order valence-electron chi connectivity index (χ2n) is 4.82. The molecule has 1 saturated heterocycles. The van der Waals surface area contributed by atoms with Gasteiger partial charge in [-0.3, -0.25) is 0 Å². The van der Waals surface area contributed by atoms with E-state index in [2.05, 4.69) is 25.5 Å². The molecule has 1 aliphatic rings. The highest BCUT2D eigenvalue weighted by Crippen LogP contribution is 2.19. The Morgan fingerprint density at radius 3 is 2.44 bits per heavy atom. The number of hydrogen-bond donors (Lipinski definition) is 2. The number of aryl methyl sites for hydroxylation is 1. The zero-order chi connectivity index (χ0) is 13.0. The molecule has 2 rings (SSSR count). The van der Waals surface area contributed by atoms with E-state index >= 15 is 0 Å². The predicted molar refractivity (Wildman–Crippen MR) is 75.2 cm³/mol. The van der Waals surface area contributed by atoms with Crippen molar-refractivity contribution in [3.8, 4) is 0 Å². The van der Waals surface area contributed by atoms with E-state index in [0.717, 1.165) is 36.1 Å². The van der Waals surface area contributed by atoms with Gasteiger partial charge in [0.15, 0.2) is 0 Å². The van der Waals surface area contributed by atoms with Crippen molar-refractivity contribution in [1.29, 1.82) is 0 Å². The van der Waals surface area contributed by atoms with E-state index < -0.39 is 0 Å². The molecule has 5 nitrogen and oxygen atoms in total. The van der Waals surface area contributed by atoms with Crippen LogP contribution in [0, 0.1) is 13.8 Å². The molecule has 0 aliphatic carbocycles. The molecule has 0 bridgehead atoms. The van der Waals surface area contributed by atoms with Gasteiger partial charge >= 0.3 is 0 Å². The molecular weight excluding hydrogens is 226 g/mol. The van der Waals surface area contributed by atoms with Gasteiger partial charge in [-0.15, -0.1) is 0 Å². The van der Waals surface area contributed by atoms with Gasteiger partial charge in [0, 0.05) is 25.7 Å². The first kappa shape index (κ1) is 13.1. The molecule has 0 aromatic carbocycles. The minimum absolute atomic E-state index is 0.800. The van der Waals surface area contributed by atoms with E-state index in [1.165, 1.54) is 25.9 Å². The van der Waals surface area contributed by atoms with Crippen molar-refractivity contribution < 1.29 is 0 Å². The third kappa shape index (κ3) is 3.10. The van der Waals surface area contributed by atoms with Crippen LogP contribution in [0.15, 0.2) is 0 Å². The van der Waals surface area contributed by atoms with E-state index in [4.69, 9.17) is 0 Å². The van der Waals surface area contributed by atoms with Crippen molar-refractivity contribution in [2.75, 3.05) is 43.9 Å². The van der Waals surface area contributed by atoms with Crippen LogP contribution in [0.3, 0.4) is 0 Å². The molecule has 2 N–H and O–H groups in total. The summed E-state index contributed by atoms with van der Waals surface area (Å²) in [6, 6.07) is 0. The molecule has 0 radical (unpaired) electrons. The van der Waals surface area contributed by atoms with Gasteiger partial charge in [-0.1, -0.05) is 0 Å². The summed E-state index contributed by atoms with van der Waals surface area (Å²) in [7, 11) is 1.89. The number of hydrogen-bond acceptors (Lipinski definition) is 5. The normalized spacial score (nSPS) is 15.9. The first-order valence-electron chi connectivity index (χ1n) is 6.70. The van der Waals surface area contributed by atoms with Crippen molar-refractivity contribution in [1.82, 2.24) is 14.9 Å². The lowest BCUT2D eigenvalue weighted by atomic mass is 10.3. The molecule has 1 aliphatic heterocycles. The minimum Gasteiger partial charge on any atom is -0.373 e. The standard InChI is InChI=1S/C13H23N5/c1-10-12(14-3)16-11(2)17-13(10)15-6-9-18-7-4-5-8-18/h4-9H2,1-3H3,(H2,14,15,16,17). The quantitative estimate of drug-likeness (QED) is 0.831. The maximum atomic E-state index is 4.46. The Hall–Kier alpha value is -1.36. The second-order valence-corrected chi connectivity index (χ2v) is 4.82. The number of likely N-dealkylation sites (tertiary alicyclic amines) is 1. The summed E-state index contributed by atoms with van der Waals surface area (Å²) in [5, 5.41) is 6.53. The highest BCUT2D eigenvalue weighted by atomic mass is 15.2. The Labute approximate surface area is 109 Å². The minimum atomic E-state index is 0.800. The Morgan fingerprint density at radius 2 is 1.78 bits per heavy atom. The van der Waals surface area contributed by atoms with Crippen LogP contribution in [0.25, 0.3) is 0 Å². The third-order valence-electron chi connectivity index (χ3n) is 3.41. The first-order chi connectivity index (χ1) is 8.70. The van der Waals surface area contributed by atoms with Crippen molar-refractivity contribution in [2.24, 2.45) is 0 Å². The van der Waals surface area contributed by atoms with E-state index in [0.29, 0.717) is 0 Å². The molecular formula is C13H23N5. The van der Waals surface area contributed by atoms with Gasteiger partial charge in [0.1, 0.15) is 17.5 Å². The lowest BCUT2D eigenvalue weighted by Crippen LogP contribution is -2.26. The zero-order valence-electron chi connectivity index (χ0n) is 11.6. The molecule has 0 amide bonds. The summed E-state index contributed by atoms with van der Waals surface area (Å²) in [4.78, 5) is 11.3. The third-order valence-corrected chi connectivity index (χ3v) is 3.41. The summed E-state index contributed by atoms with van der Waals surface area (Å²) in [6.07, 6.45) is 2.69. The van der Waals surface area contributed by atoms with E-state index in [1.54, 1.807) is 0 Å². The van der Waals surface area contributed by atoms with Crippen LogP contribution in [-0.4, -0.2) is 48.1 Å². The summed E-state index contributed by atoms with van der Waals surface area (Å²) >= 11 is 0. The molecule has 1 aromatic heterocycles. The second kappa shape index (κ2) is 6.00. The fourth-order valence-corrected chi connectivity index (χ4v) is 2.38. The predicted octanol–water partition coefficient (Wildman–Crippen LogP) is 1.64. The number of aromatic nitrogens is 2. The van der Waals surface area contributed by atoms with Crippen LogP contribution >= 0.6 is 0 Å². The van der Waals surface area contributed by atoms with Crippen molar-refractivity contribution in [3.05, 3.63) is 11.4 Å². The average Bonchev–Trinajstić information content (AvgIpc) is 2.86. The topological polar surface area (TPSA) is 53.1 Å². The smallest absolute Gasteiger partial charge is 0.134 e. The van der Waals surface area contributed by atoms with Crippen molar-refractivity contribution in [3.63, 3.8) is 0 Å². The lowest BCUT2D eigenvalue weighted by molar-refractivity contribution is 0.352. The Bertz CT molecular complexity index is 399. The van der Waals surface area contributed by atoms with Gasteiger partial charge in [-0.2, -0.15) is 0 Å². The van der Waals surface area contributed by atoms with Gasteiger partial charge in [0.2, 0.25) is 0 Å². The summed E-state index contributed by atoms with van der Waals surface area (Å²) in [5.74, 6) is 2.66. The van der Waals surface area contributed by atoms with Gasteiger partial charge < -0.3 is 15.5 Å². The van der Waals surface area contributed by atoms with E-state index in [-0.39, 0.29) is 0 Å². The van der Waals surface area contributed by atoms with Crippen LogP contribution in [0.5, 0.6) is 0 Å². The summed E-state index contributed by atoms with van der Waals surface area (Å²) < 4.78 is 0. The maximum Gasteiger partial charge on any atom is 0.134 e. The van der Waals surface area contributed by atoms with Gasteiger partial charge in [0.25, 0.3) is 0 Å². The zero-order valence-corrected chi connectivity index (χ0v) is 11.6. The summed E-state index contributed by atoms with van der Waals surface area (Å²) in [5.41, 5.74) is 1.09. The monoisotopic (exact) mass is 249 g/mol. The largest absolute Gasteiger partial charge is 0.373 e. The first-order valence-corrected chi connectivity index (χ1v) is 6.70. The molecule has 1 fully saturated rings. The number of anilines is 2. The fraction of sp³-hybridized carbons (Fsp3) is 0.692. The van der Waals surface area contributed by atoms with Gasteiger partial charge in [-0.25, -0.2) is 9.97 Å². The van der Waals surface area contributed by atoms with Crippen LogP contribution in [0.2, 0.25) is 0 Å². The number of nitrogens with one attached hydrogen (secondary N) is 2. The molecule has 0 unspecified atom stereocenters. The molecule has 1 aromatic rings. The molecule has 5 heteroatoms. The maximum absolute atomic E-state index is 4.46. The number of nitrogens with zero attached hydrogens (tertiary/aromatic N) is 3. The molecule has 0 saturated carbocycles. The van der Waals surface area contributed by atoms with E-state index in [1.807, 2.05) is 20.9 Å². The lowest BCUT2D eigenvalue weighted by Gasteiger charge is -2.16. The van der Waals surface area contributed by atoms with Crippen molar-refractivity contribution in [2.45, 2.75) is 26.7 Å². The van der Waals surface area contributed by atoms with Crippen LogP contribution < -0.4 is 10.6 Å². The molecule has 0 spiro atoms. The Morgan fingerprint density at radius 1 is 1.11 bits per heavy atom. The average molecular weight is 249 g/mol. The van der Waals surface area contributed by atoms with Crippen LogP contribution in [0.1, 0.15) is 24.2 Å². The molecule has 100 valence electrons. The number of rotatable bonds is 5. The fourth-order valence-electron chi connectivity index (χ4n) is 2.38. The van der Waals surface area contributed by atoms with Gasteiger partial charge in [0.05, 0.1) is 0 Å². The summed E-state index contributed by atoms with van der Waals surface area (Å²) in [6.45, 7) is 8.49.